The molecule has 2 aliphatic rings. The largest absolute Gasteiger partial charge is 0.361 e. The maximum atomic E-state index is 13.5. The minimum Gasteiger partial charge on any atom is -0.361 e. The van der Waals surface area contributed by atoms with Crippen molar-refractivity contribution >= 4 is 22.7 Å². The van der Waals surface area contributed by atoms with Gasteiger partial charge in [0.15, 0.2) is 0 Å². The average Bonchev–Trinajstić information content (AvgIpc) is 3.54. The minimum atomic E-state index is -0.00503. The number of pyridine rings is 1. The molecule has 2 amide bonds. The fraction of sp³-hybridized carbons (Fsp3) is 0.300. The molecule has 6 nitrogen and oxygen atoms in total. The fourth-order valence-corrected chi connectivity index (χ4v) is 5.87. The topological polar surface area (TPSA) is 69.3 Å². The van der Waals surface area contributed by atoms with Crippen molar-refractivity contribution in [1.82, 2.24) is 19.8 Å². The Morgan fingerprint density at radius 3 is 2.39 bits per heavy atom. The summed E-state index contributed by atoms with van der Waals surface area (Å²) in [5.74, 6) is 0.186. The number of amides is 2. The first kappa shape index (κ1) is 22.5. The van der Waals surface area contributed by atoms with Crippen molar-refractivity contribution in [2.45, 2.75) is 25.7 Å². The molecule has 0 atom stereocenters. The van der Waals surface area contributed by atoms with Crippen LogP contribution in [0.15, 0.2) is 79.1 Å². The maximum Gasteiger partial charge on any atom is 0.273 e. The number of piperidine rings is 1. The molecule has 6 heteroatoms. The summed E-state index contributed by atoms with van der Waals surface area (Å²) >= 11 is 0. The standard InChI is InChI=1S/C30H30N4O2/c35-27(19-23-20-32-26-11-5-4-9-24(23)26)34-18-14-30(21-34)12-16-33(17-13-30)29(36)28-25(10-6-15-31-28)22-7-2-1-3-8-22/h1-11,15,20,32H,12-14,16-19,21H2. The van der Waals surface area contributed by atoms with Gasteiger partial charge in [-0.3, -0.25) is 14.6 Å². The monoisotopic (exact) mass is 478 g/mol. The number of hydrogen-bond donors (Lipinski definition) is 1. The molecule has 0 saturated carbocycles. The number of para-hydroxylation sites is 1. The van der Waals surface area contributed by atoms with Crippen LogP contribution < -0.4 is 0 Å². The van der Waals surface area contributed by atoms with Crippen LogP contribution in [-0.4, -0.2) is 57.8 Å². The van der Waals surface area contributed by atoms with Gasteiger partial charge in [-0.25, -0.2) is 0 Å². The highest BCUT2D eigenvalue weighted by molar-refractivity contribution is 5.99. The number of fused-ring (bicyclic) bond motifs is 1. The van der Waals surface area contributed by atoms with Crippen LogP contribution in [0.25, 0.3) is 22.0 Å². The van der Waals surface area contributed by atoms with E-state index < -0.39 is 0 Å². The summed E-state index contributed by atoms with van der Waals surface area (Å²) in [4.78, 5) is 38.3. The molecule has 2 saturated heterocycles. The molecule has 2 aliphatic heterocycles. The maximum absolute atomic E-state index is 13.5. The van der Waals surface area contributed by atoms with Gasteiger partial charge < -0.3 is 14.8 Å². The molecule has 182 valence electrons. The summed E-state index contributed by atoms with van der Waals surface area (Å²) in [5, 5.41) is 1.12. The molecule has 2 aromatic heterocycles. The second-order valence-electron chi connectivity index (χ2n) is 10.2. The summed E-state index contributed by atoms with van der Waals surface area (Å²) in [7, 11) is 0. The summed E-state index contributed by atoms with van der Waals surface area (Å²) < 4.78 is 0. The van der Waals surface area contributed by atoms with Crippen LogP contribution in [0.1, 0.15) is 35.3 Å². The van der Waals surface area contributed by atoms with E-state index in [1.807, 2.05) is 76.7 Å². The minimum absolute atomic E-state index is 0.00503. The van der Waals surface area contributed by atoms with Gasteiger partial charge >= 0.3 is 0 Å². The average molecular weight is 479 g/mol. The number of H-pyrrole nitrogens is 1. The zero-order valence-corrected chi connectivity index (χ0v) is 20.3. The van der Waals surface area contributed by atoms with Gasteiger partial charge in [-0.1, -0.05) is 54.6 Å². The van der Waals surface area contributed by atoms with E-state index in [1.165, 1.54) is 0 Å². The molecular formula is C30H30N4O2. The molecule has 2 aromatic carbocycles. The van der Waals surface area contributed by atoms with Gasteiger partial charge in [0.1, 0.15) is 5.69 Å². The first-order valence-electron chi connectivity index (χ1n) is 12.7. The van der Waals surface area contributed by atoms with E-state index in [0.29, 0.717) is 25.2 Å². The highest BCUT2D eigenvalue weighted by Crippen LogP contribution is 2.41. The number of nitrogens with zero attached hydrogens (tertiary/aromatic N) is 3. The highest BCUT2D eigenvalue weighted by atomic mass is 16.2. The van der Waals surface area contributed by atoms with Crippen LogP contribution >= 0.6 is 0 Å². The molecule has 1 N–H and O–H groups in total. The van der Waals surface area contributed by atoms with Crippen molar-refractivity contribution in [3.63, 3.8) is 0 Å². The van der Waals surface area contributed by atoms with E-state index in [4.69, 9.17) is 0 Å². The second-order valence-corrected chi connectivity index (χ2v) is 10.2. The number of rotatable bonds is 4. The van der Waals surface area contributed by atoms with Crippen molar-refractivity contribution in [2.24, 2.45) is 5.41 Å². The third-order valence-corrected chi connectivity index (χ3v) is 8.01. The Bertz CT molecular complexity index is 1400. The van der Waals surface area contributed by atoms with Crippen LogP contribution in [0.5, 0.6) is 0 Å². The van der Waals surface area contributed by atoms with Gasteiger partial charge in [-0.15, -0.1) is 0 Å². The highest BCUT2D eigenvalue weighted by Gasteiger charge is 2.43. The van der Waals surface area contributed by atoms with Gasteiger partial charge in [0, 0.05) is 55.0 Å². The lowest BCUT2D eigenvalue weighted by atomic mass is 9.77. The fourth-order valence-electron chi connectivity index (χ4n) is 5.87. The summed E-state index contributed by atoms with van der Waals surface area (Å²) in [5.41, 5.74) is 4.63. The predicted molar refractivity (Wildman–Crippen MR) is 140 cm³/mol. The number of aromatic amines is 1. The zero-order chi connectivity index (χ0) is 24.5. The first-order chi connectivity index (χ1) is 17.6. The molecule has 6 rings (SSSR count). The number of carbonyl (C=O) groups excluding carboxylic acids is 2. The lowest BCUT2D eigenvalue weighted by Crippen LogP contribution is -2.45. The molecule has 1 spiro atoms. The zero-order valence-electron chi connectivity index (χ0n) is 20.3. The Balaban J connectivity index is 1.10. The molecular weight excluding hydrogens is 448 g/mol. The van der Waals surface area contributed by atoms with E-state index in [2.05, 4.69) is 16.0 Å². The predicted octanol–water partition coefficient (Wildman–Crippen LogP) is 4.93. The molecule has 0 unspecified atom stereocenters. The van der Waals surface area contributed by atoms with E-state index in [1.54, 1.807) is 6.20 Å². The van der Waals surface area contributed by atoms with Crippen molar-refractivity contribution in [1.29, 1.82) is 0 Å². The number of likely N-dealkylation sites (tertiary alicyclic amines) is 2. The van der Waals surface area contributed by atoms with Crippen molar-refractivity contribution in [2.75, 3.05) is 26.2 Å². The molecule has 4 aromatic rings. The summed E-state index contributed by atoms with van der Waals surface area (Å²) in [6, 6.07) is 21.9. The van der Waals surface area contributed by atoms with Gasteiger partial charge in [0.05, 0.1) is 6.42 Å². The molecule has 36 heavy (non-hydrogen) atoms. The Labute approximate surface area is 211 Å². The van der Waals surface area contributed by atoms with Crippen LogP contribution in [0, 0.1) is 5.41 Å². The number of hydrogen-bond acceptors (Lipinski definition) is 3. The normalized spacial score (nSPS) is 17.1. The molecule has 0 bridgehead atoms. The van der Waals surface area contributed by atoms with E-state index in [-0.39, 0.29) is 17.2 Å². The van der Waals surface area contributed by atoms with E-state index >= 15 is 0 Å². The lowest BCUT2D eigenvalue weighted by Gasteiger charge is -2.39. The molecule has 0 aliphatic carbocycles. The van der Waals surface area contributed by atoms with Crippen LogP contribution in [-0.2, 0) is 11.2 Å². The molecule has 2 fully saturated rings. The van der Waals surface area contributed by atoms with Crippen LogP contribution in [0.2, 0.25) is 0 Å². The van der Waals surface area contributed by atoms with Gasteiger partial charge in [0.2, 0.25) is 5.91 Å². The lowest BCUT2D eigenvalue weighted by molar-refractivity contribution is -0.130. The second kappa shape index (κ2) is 9.26. The van der Waals surface area contributed by atoms with E-state index in [9.17, 15) is 9.59 Å². The Morgan fingerprint density at radius 2 is 1.58 bits per heavy atom. The van der Waals surface area contributed by atoms with Crippen molar-refractivity contribution in [3.8, 4) is 11.1 Å². The SMILES string of the molecule is O=C(Cc1c[nH]c2ccccc12)N1CCC2(CCN(C(=O)c3ncccc3-c3ccccc3)CC2)C1. The Kier molecular flexibility index (Phi) is 5.80. The van der Waals surface area contributed by atoms with Gasteiger partial charge in [-0.05, 0) is 47.9 Å². The smallest absolute Gasteiger partial charge is 0.273 e. The third-order valence-electron chi connectivity index (χ3n) is 8.01. The Morgan fingerprint density at radius 1 is 0.861 bits per heavy atom. The molecule has 4 heterocycles. The summed E-state index contributed by atoms with van der Waals surface area (Å²) in [6.07, 6.45) is 6.92. The number of aromatic nitrogens is 2. The van der Waals surface area contributed by atoms with Crippen LogP contribution in [0.3, 0.4) is 0 Å². The van der Waals surface area contributed by atoms with Crippen LogP contribution in [0.4, 0.5) is 0 Å². The van der Waals surface area contributed by atoms with Crippen molar-refractivity contribution < 1.29 is 9.59 Å². The van der Waals surface area contributed by atoms with Gasteiger partial charge in [-0.2, -0.15) is 0 Å². The Hall–Kier alpha value is -3.93. The van der Waals surface area contributed by atoms with Gasteiger partial charge in [0.25, 0.3) is 5.91 Å². The quantitative estimate of drug-likeness (QED) is 0.452. The van der Waals surface area contributed by atoms with E-state index in [0.717, 1.165) is 59.9 Å². The van der Waals surface area contributed by atoms with Crippen molar-refractivity contribution in [3.05, 3.63) is 90.4 Å². The number of carbonyl (C=O) groups is 2. The molecule has 0 radical (unpaired) electrons. The first-order valence-corrected chi connectivity index (χ1v) is 12.7. The number of benzene rings is 2. The summed E-state index contributed by atoms with van der Waals surface area (Å²) in [6.45, 7) is 2.99. The third kappa shape index (κ3) is 4.17. The number of nitrogens with one attached hydrogen (secondary N) is 1.